The average molecular weight is 275 g/mol. The Morgan fingerprint density at radius 2 is 2.17 bits per heavy atom. The fourth-order valence-electron chi connectivity index (χ4n) is 0.967. The molecule has 1 aromatic carbocycles. The molecule has 0 saturated carbocycles. The Hall–Kier alpha value is -0.580. The molecule has 0 saturated heterocycles. The number of halogens is 1. The number of anilines is 1. The van der Waals surface area contributed by atoms with Crippen molar-refractivity contribution in [2.75, 3.05) is 12.4 Å². The maximum absolute atomic E-state index is 10.6. The number of hydrogen-bond acceptors (Lipinski definition) is 2. The molecule has 0 aliphatic rings. The number of nitrogens with one attached hydrogen (secondary N) is 1. The van der Waals surface area contributed by atoms with Crippen molar-refractivity contribution in [1.82, 2.24) is 0 Å². The van der Waals surface area contributed by atoms with Crippen LogP contribution in [0.5, 0.6) is 0 Å². The predicted octanol–water partition coefficient (Wildman–Crippen LogP) is 2.45. The van der Waals surface area contributed by atoms with Gasteiger partial charge in [0.05, 0.1) is 0 Å². The minimum Gasteiger partial charge on any atom is -0.388 e. The topological polar surface area (TPSA) is 29.1 Å². The molecular weight excluding hydrogens is 265 g/mol. The van der Waals surface area contributed by atoms with Crippen molar-refractivity contribution in [3.8, 4) is 0 Å². The molecule has 0 bridgehead atoms. The van der Waals surface area contributed by atoms with Crippen LogP contribution in [0.25, 0.3) is 0 Å². The van der Waals surface area contributed by atoms with Gasteiger partial charge in [0.2, 0.25) is 0 Å². The van der Waals surface area contributed by atoms with Gasteiger partial charge in [-0.15, -0.1) is 0 Å². The van der Waals surface area contributed by atoms with Gasteiger partial charge in [-0.2, -0.15) is 0 Å². The number of rotatable bonds is 2. The van der Waals surface area contributed by atoms with Gasteiger partial charge in [0, 0.05) is 21.9 Å². The molecule has 3 heteroatoms. The number of aldehydes is 1. The summed E-state index contributed by atoms with van der Waals surface area (Å²) in [7, 11) is 1.84. The van der Waals surface area contributed by atoms with Crippen LogP contribution in [0.15, 0.2) is 12.1 Å². The molecule has 0 spiro atoms. The Morgan fingerprint density at radius 3 is 2.67 bits per heavy atom. The summed E-state index contributed by atoms with van der Waals surface area (Å²) in [5, 5.41) is 3.01. The third-order valence-corrected chi connectivity index (χ3v) is 2.92. The van der Waals surface area contributed by atoms with Crippen molar-refractivity contribution in [2.45, 2.75) is 6.92 Å². The molecule has 0 aliphatic carbocycles. The standard InChI is InChI=1S/C9H10INO/c1-6-7(5-12)3-8(11-2)4-9(6)10/h3-5,11H,1-2H3. The van der Waals surface area contributed by atoms with E-state index in [0.717, 1.165) is 26.7 Å². The van der Waals surface area contributed by atoms with Crippen LogP contribution >= 0.6 is 22.6 Å². The van der Waals surface area contributed by atoms with Gasteiger partial charge in [0.25, 0.3) is 0 Å². The minimum atomic E-state index is 0.756. The van der Waals surface area contributed by atoms with Crippen molar-refractivity contribution in [3.05, 3.63) is 26.8 Å². The monoisotopic (exact) mass is 275 g/mol. The molecule has 0 atom stereocenters. The van der Waals surface area contributed by atoms with Crippen molar-refractivity contribution >= 4 is 34.6 Å². The first-order valence-electron chi connectivity index (χ1n) is 3.62. The molecule has 0 aliphatic heterocycles. The fraction of sp³-hybridized carbons (Fsp3) is 0.222. The van der Waals surface area contributed by atoms with Crippen molar-refractivity contribution < 1.29 is 4.79 Å². The van der Waals surface area contributed by atoms with Crippen molar-refractivity contribution in [1.29, 1.82) is 0 Å². The molecule has 1 N–H and O–H groups in total. The van der Waals surface area contributed by atoms with Crippen LogP contribution in [0, 0.1) is 10.5 Å². The van der Waals surface area contributed by atoms with Crippen LogP contribution in [0.2, 0.25) is 0 Å². The molecule has 0 heterocycles. The van der Waals surface area contributed by atoms with Crippen LogP contribution in [0.4, 0.5) is 5.69 Å². The lowest BCUT2D eigenvalue weighted by Crippen LogP contribution is -1.95. The normalized spacial score (nSPS) is 9.58. The second kappa shape index (κ2) is 3.89. The molecule has 1 aromatic rings. The third kappa shape index (κ3) is 1.77. The Bertz CT molecular complexity index is 310. The van der Waals surface area contributed by atoms with Crippen LogP contribution in [-0.2, 0) is 0 Å². The van der Waals surface area contributed by atoms with E-state index in [-0.39, 0.29) is 0 Å². The lowest BCUT2D eigenvalue weighted by atomic mass is 10.1. The second-order valence-electron chi connectivity index (χ2n) is 2.54. The summed E-state index contributed by atoms with van der Waals surface area (Å²) in [4.78, 5) is 10.6. The number of carbonyl (C=O) groups is 1. The quantitative estimate of drug-likeness (QED) is 0.663. The molecule has 0 unspecified atom stereocenters. The van der Waals surface area contributed by atoms with Gasteiger partial charge in [-0.05, 0) is 47.2 Å². The van der Waals surface area contributed by atoms with Gasteiger partial charge < -0.3 is 5.32 Å². The maximum atomic E-state index is 10.6. The molecule has 0 aromatic heterocycles. The Kier molecular flexibility index (Phi) is 3.08. The van der Waals surface area contributed by atoms with Crippen molar-refractivity contribution in [3.63, 3.8) is 0 Å². The van der Waals surface area contributed by atoms with Crippen molar-refractivity contribution in [2.24, 2.45) is 0 Å². The van der Waals surface area contributed by atoms with E-state index in [1.54, 1.807) is 0 Å². The van der Waals surface area contributed by atoms with E-state index in [2.05, 4.69) is 27.9 Å². The summed E-state index contributed by atoms with van der Waals surface area (Å²) in [5.74, 6) is 0. The maximum Gasteiger partial charge on any atom is 0.150 e. The highest BCUT2D eigenvalue weighted by molar-refractivity contribution is 14.1. The van der Waals surface area contributed by atoms with E-state index in [9.17, 15) is 4.79 Å². The van der Waals surface area contributed by atoms with Gasteiger partial charge in [-0.1, -0.05) is 0 Å². The Morgan fingerprint density at radius 1 is 1.50 bits per heavy atom. The van der Waals surface area contributed by atoms with E-state index < -0.39 is 0 Å². The summed E-state index contributed by atoms with van der Waals surface area (Å²) in [6, 6.07) is 3.87. The molecule has 1 rings (SSSR count). The molecule has 0 radical (unpaired) electrons. The highest BCUT2D eigenvalue weighted by Crippen LogP contribution is 2.20. The van der Waals surface area contributed by atoms with Gasteiger partial charge >= 0.3 is 0 Å². The first kappa shape index (κ1) is 9.51. The smallest absolute Gasteiger partial charge is 0.150 e. The average Bonchev–Trinajstić information content (AvgIpc) is 2.09. The van der Waals surface area contributed by atoms with E-state index in [1.165, 1.54) is 0 Å². The lowest BCUT2D eigenvalue weighted by molar-refractivity contribution is 0.112. The summed E-state index contributed by atoms with van der Waals surface area (Å²) in [6.45, 7) is 1.95. The fourth-order valence-corrected chi connectivity index (χ4v) is 1.61. The Balaban J connectivity index is 3.28. The first-order valence-corrected chi connectivity index (χ1v) is 4.70. The van der Waals surface area contributed by atoms with Crippen LogP contribution in [0.3, 0.4) is 0 Å². The summed E-state index contributed by atoms with van der Waals surface area (Å²) >= 11 is 2.22. The van der Waals surface area contributed by atoms with Gasteiger partial charge in [-0.25, -0.2) is 0 Å². The van der Waals surface area contributed by atoms with Gasteiger partial charge in [0.15, 0.2) is 0 Å². The minimum absolute atomic E-state index is 0.756. The second-order valence-corrected chi connectivity index (χ2v) is 3.70. The lowest BCUT2D eigenvalue weighted by Gasteiger charge is -2.05. The van der Waals surface area contributed by atoms with E-state index in [1.807, 2.05) is 26.1 Å². The SMILES string of the molecule is CNc1cc(I)c(C)c(C=O)c1. The van der Waals surface area contributed by atoms with Gasteiger partial charge in [-0.3, -0.25) is 4.79 Å². The molecule has 2 nitrogen and oxygen atoms in total. The number of benzene rings is 1. The van der Waals surface area contributed by atoms with Crippen LogP contribution in [-0.4, -0.2) is 13.3 Å². The zero-order valence-corrected chi connectivity index (χ0v) is 9.18. The molecule has 0 fully saturated rings. The summed E-state index contributed by atoms with van der Waals surface area (Å²) in [5.41, 5.74) is 2.78. The van der Waals surface area contributed by atoms with E-state index in [4.69, 9.17) is 0 Å². The van der Waals surface area contributed by atoms with E-state index in [0.29, 0.717) is 0 Å². The van der Waals surface area contributed by atoms with Crippen LogP contribution in [0.1, 0.15) is 15.9 Å². The molecular formula is C9H10INO. The summed E-state index contributed by atoms with van der Waals surface area (Å²) < 4.78 is 1.11. The third-order valence-electron chi connectivity index (χ3n) is 1.80. The zero-order chi connectivity index (χ0) is 9.14. The first-order chi connectivity index (χ1) is 5.69. The highest BCUT2D eigenvalue weighted by Gasteiger charge is 2.02. The number of carbonyl (C=O) groups excluding carboxylic acids is 1. The van der Waals surface area contributed by atoms with E-state index >= 15 is 0 Å². The molecule has 12 heavy (non-hydrogen) atoms. The molecule has 0 amide bonds. The molecule has 64 valence electrons. The zero-order valence-electron chi connectivity index (χ0n) is 7.02. The highest BCUT2D eigenvalue weighted by atomic mass is 127. The summed E-state index contributed by atoms with van der Waals surface area (Å²) in [6.07, 6.45) is 0.887. The Labute approximate surface area is 85.5 Å². The van der Waals surface area contributed by atoms with Gasteiger partial charge in [0.1, 0.15) is 6.29 Å². The number of hydrogen-bond donors (Lipinski definition) is 1. The predicted molar refractivity (Wildman–Crippen MR) is 58.8 cm³/mol. The van der Waals surface area contributed by atoms with Crippen LogP contribution < -0.4 is 5.32 Å². The largest absolute Gasteiger partial charge is 0.388 e.